The Morgan fingerprint density at radius 1 is 1.00 bits per heavy atom. The Morgan fingerprint density at radius 3 is 1.00 bits per heavy atom. The van der Waals surface area contributed by atoms with Crippen LogP contribution in [0.25, 0.3) is 0 Å². The fraction of sp³-hybridized carbons (Fsp3) is 0. The Hall–Kier alpha value is 4.33. The van der Waals surface area contributed by atoms with Crippen LogP contribution in [0.2, 0.25) is 0 Å². The van der Waals surface area contributed by atoms with Crippen molar-refractivity contribution in [2.75, 3.05) is 0 Å². The molecule has 0 aliphatic rings. The summed E-state index contributed by atoms with van der Waals surface area (Å²) in [4.78, 5) is 0. The molecular weight excluding hydrogens is 515 g/mol. The summed E-state index contributed by atoms with van der Waals surface area (Å²) in [6.07, 6.45) is 0. The number of hydrogen-bond donors (Lipinski definition) is 0. The molecule has 0 saturated carbocycles. The van der Waals surface area contributed by atoms with E-state index in [0.29, 0.717) is 0 Å². The molecule has 0 unspecified atom stereocenters. The van der Waals surface area contributed by atoms with Crippen molar-refractivity contribution >= 4 is 131 Å². The maximum absolute atomic E-state index is 0. The molecule has 0 saturated heterocycles. The van der Waals surface area contributed by atoms with Gasteiger partial charge in [0.25, 0.3) is 0 Å². The van der Waals surface area contributed by atoms with Crippen LogP contribution in [0.15, 0.2) is 0 Å². The molecule has 0 atom stereocenters. The molecule has 0 fully saturated rings. The van der Waals surface area contributed by atoms with Gasteiger partial charge >= 0.3 is 0 Å². The van der Waals surface area contributed by atoms with Crippen LogP contribution in [0.3, 0.4) is 0 Å². The third-order valence-corrected chi connectivity index (χ3v) is 0. The third-order valence-electron chi connectivity index (χ3n) is 0. The summed E-state index contributed by atoms with van der Waals surface area (Å²) < 4.78 is 0. The Kier molecular flexibility index (Phi) is 165. The molecule has 0 aromatic rings. The molecule has 0 aliphatic heterocycles. The van der Waals surface area contributed by atoms with Crippen molar-refractivity contribution in [2.45, 2.75) is 0 Å². The minimum absolute atomic E-state index is 0. The smallest absolute Gasteiger partial charge is 0 e. The van der Waals surface area contributed by atoms with Crippen molar-refractivity contribution in [1.82, 2.24) is 0 Å². The standard InChI is InChI=1S/Al.Ca.Pb.Sb.Sn. The van der Waals surface area contributed by atoms with Crippen LogP contribution in [0.1, 0.15) is 0 Å². The van der Waals surface area contributed by atoms with Gasteiger partial charge in [0.2, 0.25) is 0 Å². The summed E-state index contributed by atoms with van der Waals surface area (Å²) in [6, 6.07) is 0. The van der Waals surface area contributed by atoms with E-state index in [4.69, 9.17) is 0 Å². The van der Waals surface area contributed by atoms with Crippen molar-refractivity contribution in [3.05, 3.63) is 0 Å². The summed E-state index contributed by atoms with van der Waals surface area (Å²) in [5.74, 6) is 0. The Bertz CT molecular complexity index is 11.6. The van der Waals surface area contributed by atoms with Gasteiger partial charge in [0.15, 0.2) is 0 Å². The van der Waals surface area contributed by atoms with E-state index in [1.807, 2.05) is 0 Å². The Labute approximate surface area is 127 Å². The van der Waals surface area contributed by atoms with Gasteiger partial charge in [0.1, 0.15) is 0 Å². The van der Waals surface area contributed by atoms with E-state index in [0.717, 1.165) is 0 Å². The molecule has 0 aromatic heterocycles. The molecule has 16 radical (unpaired) electrons. The zero-order chi connectivity index (χ0) is 0. The minimum atomic E-state index is 0. The van der Waals surface area contributed by atoms with Crippen molar-refractivity contribution in [3.8, 4) is 0 Å². The van der Waals surface area contributed by atoms with Crippen molar-refractivity contribution in [2.24, 2.45) is 0 Å². The predicted octanol–water partition coefficient (Wildman–Crippen LogP) is -1.90. The summed E-state index contributed by atoms with van der Waals surface area (Å²) in [5.41, 5.74) is 0. The average molecular weight is 515 g/mol. The first-order chi connectivity index (χ1) is 0. The first kappa shape index (κ1) is 34.5. The summed E-state index contributed by atoms with van der Waals surface area (Å²) in [6.45, 7) is 0. The van der Waals surface area contributed by atoms with Gasteiger partial charge in [-0.2, -0.15) is 0 Å². The van der Waals surface area contributed by atoms with Gasteiger partial charge in [0, 0.05) is 131 Å². The van der Waals surface area contributed by atoms with Gasteiger partial charge < -0.3 is 0 Å². The van der Waals surface area contributed by atoms with Crippen molar-refractivity contribution < 1.29 is 0 Å². The fourth-order valence-corrected chi connectivity index (χ4v) is 0. The SMILES string of the molecule is [Al].[Ca].[Pb].[Sb].[Sn]. The Morgan fingerprint density at radius 2 is 1.00 bits per heavy atom. The molecule has 0 heterocycles. The van der Waals surface area contributed by atoms with Gasteiger partial charge in [-0.05, 0) is 0 Å². The van der Waals surface area contributed by atoms with Crippen LogP contribution in [-0.4, -0.2) is 131 Å². The summed E-state index contributed by atoms with van der Waals surface area (Å²) in [7, 11) is 0. The molecule has 0 spiro atoms. The average Bonchev–Trinajstić information content (AvgIpc) is 0. The van der Waals surface area contributed by atoms with Gasteiger partial charge in [-0.25, -0.2) is 0 Å². The molecule has 0 rings (SSSR count). The molecule has 5 heavy (non-hydrogen) atoms. The fourth-order valence-electron chi connectivity index (χ4n) is 0. The second kappa shape index (κ2) is 23.9. The summed E-state index contributed by atoms with van der Waals surface area (Å²) >= 11 is 0. The molecule has 0 aliphatic carbocycles. The minimum Gasteiger partial charge on any atom is 0 e. The van der Waals surface area contributed by atoms with Crippen molar-refractivity contribution in [1.29, 1.82) is 0 Å². The normalized spacial score (nSPS) is 0. The Balaban J connectivity index is 0. The van der Waals surface area contributed by atoms with E-state index in [2.05, 4.69) is 0 Å². The van der Waals surface area contributed by atoms with Crippen LogP contribution >= 0.6 is 0 Å². The number of hydrogen-bond acceptors (Lipinski definition) is 0. The molecule has 0 bridgehead atoms. The van der Waals surface area contributed by atoms with Gasteiger partial charge in [-0.1, -0.05) is 0 Å². The second-order valence-corrected chi connectivity index (χ2v) is 0. The van der Waals surface area contributed by atoms with E-state index in [1.54, 1.807) is 0 Å². The van der Waals surface area contributed by atoms with Crippen LogP contribution in [0.4, 0.5) is 0 Å². The zero-order valence-electron chi connectivity index (χ0n) is 2.73. The topological polar surface area (TPSA) is 0 Å². The van der Waals surface area contributed by atoms with Crippen LogP contribution < -0.4 is 0 Å². The second-order valence-electron chi connectivity index (χ2n) is 0. The van der Waals surface area contributed by atoms with E-state index in [9.17, 15) is 0 Å². The zero-order valence-corrected chi connectivity index (χ0v) is 15.4. The predicted molar refractivity (Wildman–Crippen MR) is 28.8 cm³/mol. The van der Waals surface area contributed by atoms with Crippen LogP contribution in [-0.2, 0) is 0 Å². The molecular formula is AlCaPbSbSn. The quantitative estimate of drug-likeness (QED) is 0.332. The van der Waals surface area contributed by atoms with E-state index in [-0.39, 0.29) is 131 Å². The van der Waals surface area contributed by atoms with E-state index < -0.39 is 0 Å². The van der Waals surface area contributed by atoms with E-state index in [1.165, 1.54) is 0 Å². The first-order valence-corrected chi connectivity index (χ1v) is 0. The van der Waals surface area contributed by atoms with Gasteiger partial charge in [0.05, 0.1) is 0 Å². The maximum Gasteiger partial charge on any atom is 0 e. The maximum atomic E-state index is 0. The monoisotopic (exact) mass is 516 g/mol. The summed E-state index contributed by atoms with van der Waals surface area (Å²) in [5, 5.41) is 0. The molecule has 0 aromatic carbocycles. The largest absolute Gasteiger partial charge is 0 e. The van der Waals surface area contributed by atoms with Gasteiger partial charge in [-0.3, -0.25) is 0 Å². The molecule has 5 heteroatoms. The molecule has 18 valence electrons. The van der Waals surface area contributed by atoms with E-state index >= 15 is 0 Å². The molecule has 0 nitrogen and oxygen atoms in total. The third kappa shape index (κ3) is 17.8. The van der Waals surface area contributed by atoms with Crippen LogP contribution in [0.5, 0.6) is 0 Å². The molecule has 0 N–H and O–H groups in total. The first-order valence-electron chi connectivity index (χ1n) is 0. The van der Waals surface area contributed by atoms with Crippen LogP contribution in [0, 0.1) is 0 Å². The van der Waals surface area contributed by atoms with Gasteiger partial charge in [-0.15, -0.1) is 0 Å². The van der Waals surface area contributed by atoms with Crippen molar-refractivity contribution in [3.63, 3.8) is 0 Å². The molecule has 0 amide bonds. The number of rotatable bonds is 0.